The molecular formula is C13H16F4N2S. The van der Waals surface area contributed by atoms with Gasteiger partial charge in [0.1, 0.15) is 5.82 Å². The Morgan fingerprint density at radius 1 is 1.30 bits per heavy atom. The summed E-state index contributed by atoms with van der Waals surface area (Å²) in [7, 11) is 0. The summed E-state index contributed by atoms with van der Waals surface area (Å²) >= 11 is 1.72. The number of hydrazine groups is 1. The Labute approximate surface area is 119 Å². The van der Waals surface area contributed by atoms with Crippen LogP contribution in [-0.4, -0.2) is 11.0 Å². The van der Waals surface area contributed by atoms with E-state index in [0.717, 1.165) is 37.1 Å². The molecule has 2 rings (SSSR count). The van der Waals surface area contributed by atoms with E-state index < -0.39 is 17.6 Å². The van der Waals surface area contributed by atoms with Crippen molar-refractivity contribution in [2.75, 3.05) is 5.75 Å². The average Bonchev–Trinajstić information content (AvgIpc) is 2.39. The highest BCUT2D eigenvalue weighted by atomic mass is 32.2. The molecule has 2 nitrogen and oxygen atoms in total. The van der Waals surface area contributed by atoms with Crippen LogP contribution in [0.2, 0.25) is 0 Å². The summed E-state index contributed by atoms with van der Waals surface area (Å²) in [5, 5.41) is 0.157. The van der Waals surface area contributed by atoms with Crippen molar-refractivity contribution in [1.82, 2.24) is 5.43 Å². The van der Waals surface area contributed by atoms with Gasteiger partial charge in [0.15, 0.2) is 0 Å². The zero-order valence-electron chi connectivity index (χ0n) is 10.7. The van der Waals surface area contributed by atoms with Crippen molar-refractivity contribution in [3.05, 3.63) is 35.1 Å². The molecule has 1 aliphatic rings. The van der Waals surface area contributed by atoms with Crippen molar-refractivity contribution in [3.8, 4) is 0 Å². The molecule has 1 aliphatic heterocycles. The average molecular weight is 308 g/mol. The molecule has 2 unspecified atom stereocenters. The minimum Gasteiger partial charge on any atom is -0.271 e. The van der Waals surface area contributed by atoms with Crippen LogP contribution in [0.3, 0.4) is 0 Å². The highest BCUT2D eigenvalue weighted by Gasteiger charge is 2.35. The lowest BCUT2D eigenvalue weighted by Gasteiger charge is -2.29. The van der Waals surface area contributed by atoms with Gasteiger partial charge in [-0.15, -0.1) is 0 Å². The molecular weight excluding hydrogens is 292 g/mol. The van der Waals surface area contributed by atoms with Gasteiger partial charge in [0.05, 0.1) is 11.6 Å². The van der Waals surface area contributed by atoms with Gasteiger partial charge in [0.2, 0.25) is 0 Å². The summed E-state index contributed by atoms with van der Waals surface area (Å²) in [6.07, 6.45) is -1.57. The molecule has 2 atom stereocenters. The SMILES string of the molecule is NNC(c1ccc(C(F)(F)F)c(F)c1)C1CCCCS1. The fourth-order valence-corrected chi connectivity index (χ4v) is 3.84. The summed E-state index contributed by atoms with van der Waals surface area (Å²) < 4.78 is 51.2. The van der Waals surface area contributed by atoms with Crippen LogP contribution >= 0.6 is 11.8 Å². The van der Waals surface area contributed by atoms with E-state index in [2.05, 4.69) is 5.43 Å². The maximum absolute atomic E-state index is 13.6. The first-order valence-corrected chi connectivity index (χ1v) is 7.42. The molecule has 0 spiro atoms. The number of nitrogens with one attached hydrogen (secondary N) is 1. The van der Waals surface area contributed by atoms with Crippen molar-refractivity contribution in [2.24, 2.45) is 5.84 Å². The lowest BCUT2D eigenvalue weighted by atomic mass is 9.98. The number of hydrogen-bond acceptors (Lipinski definition) is 3. The first kappa shape index (κ1) is 15.6. The third kappa shape index (κ3) is 3.45. The van der Waals surface area contributed by atoms with Crippen LogP contribution in [0.1, 0.15) is 36.4 Å². The van der Waals surface area contributed by atoms with Crippen LogP contribution in [0.5, 0.6) is 0 Å². The number of alkyl halides is 3. The second-order valence-corrected chi connectivity index (χ2v) is 6.13. The maximum Gasteiger partial charge on any atom is 0.419 e. The second-order valence-electron chi connectivity index (χ2n) is 4.79. The van der Waals surface area contributed by atoms with Gasteiger partial charge >= 0.3 is 6.18 Å². The van der Waals surface area contributed by atoms with Crippen LogP contribution < -0.4 is 11.3 Å². The summed E-state index contributed by atoms with van der Waals surface area (Å²) in [6.45, 7) is 0. The van der Waals surface area contributed by atoms with E-state index in [4.69, 9.17) is 5.84 Å². The first-order chi connectivity index (χ1) is 9.43. The van der Waals surface area contributed by atoms with Gasteiger partial charge in [-0.2, -0.15) is 24.9 Å². The van der Waals surface area contributed by atoms with Crippen molar-refractivity contribution < 1.29 is 17.6 Å². The monoisotopic (exact) mass is 308 g/mol. The third-order valence-corrected chi connectivity index (χ3v) is 4.88. The van der Waals surface area contributed by atoms with Crippen LogP contribution in [-0.2, 0) is 6.18 Å². The largest absolute Gasteiger partial charge is 0.419 e. The Kier molecular flexibility index (Phi) is 4.93. The summed E-state index contributed by atoms with van der Waals surface area (Å²) in [4.78, 5) is 0. The molecule has 1 aromatic carbocycles. The molecule has 20 heavy (non-hydrogen) atoms. The van der Waals surface area contributed by atoms with Gasteiger partial charge in [-0.3, -0.25) is 11.3 Å². The fourth-order valence-electron chi connectivity index (χ4n) is 2.40. The van der Waals surface area contributed by atoms with Crippen LogP contribution in [0.4, 0.5) is 17.6 Å². The van der Waals surface area contributed by atoms with Crippen LogP contribution in [0.25, 0.3) is 0 Å². The smallest absolute Gasteiger partial charge is 0.271 e. The highest BCUT2D eigenvalue weighted by molar-refractivity contribution is 8.00. The van der Waals surface area contributed by atoms with Gasteiger partial charge in [-0.25, -0.2) is 4.39 Å². The number of hydrogen-bond donors (Lipinski definition) is 2. The Bertz CT molecular complexity index is 458. The molecule has 3 N–H and O–H groups in total. The minimum atomic E-state index is -4.67. The number of benzene rings is 1. The highest BCUT2D eigenvalue weighted by Crippen LogP contribution is 2.37. The van der Waals surface area contributed by atoms with E-state index in [1.165, 1.54) is 6.07 Å². The Balaban J connectivity index is 2.24. The minimum absolute atomic E-state index is 0.157. The van der Waals surface area contributed by atoms with E-state index >= 15 is 0 Å². The molecule has 0 aliphatic carbocycles. The Morgan fingerprint density at radius 3 is 2.55 bits per heavy atom. The summed E-state index contributed by atoms with van der Waals surface area (Å²) in [6, 6.07) is 2.67. The first-order valence-electron chi connectivity index (χ1n) is 6.38. The maximum atomic E-state index is 13.6. The van der Waals surface area contributed by atoms with E-state index in [1.54, 1.807) is 11.8 Å². The molecule has 1 fully saturated rings. The molecule has 7 heteroatoms. The molecule has 0 radical (unpaired) electrons. The number of thioether (sulfide) groups is 1. The standard InChI is InChI=1S/C13H16F4N2S/c14-10-7-8(4-5-9(10)13(15,16)17)12(19-18)11-3-1-2-6-20-11/h4-5,7,11-12,19H,1-3,6,18H2. The molecule has 112 valence electrons. The Hall–Kier alpha value is -0.790. The van der Waals surface area contributed by atoms with Crippen molar-refractivity contribution in [1.29, 1.82) is 0 Å². The zero-order valence-corrected chi connectivity index (χ0v) is 11.5. The van der Waals surface area contributed by atoms with E-state index in [9.17, 15) is 17.6 Å². The normalized spacial score (nSPS) is 21.8. The van der Waals surface area contributed by atoms with Gasteiger partial charge in [0.25, 0.3) is 0 Å². The molecule has 0 saturated carbocycles. The van der Waals surface area contributed by atoms with Gasteiger partial charge < -0.3 is 0 Å². The lowest BCUT2D eigenvalue weighted by molar-refractivity contribution is -0.140. The second kappa shape index (κ2) is 6.32. The summed E-state index contributed by atoms with van der Waals surface area (Å²) in [5.41, 5.74) is 1.82. The Morgan fingerprint density at radius 2 is 2.05 bits per heavy atom. The van der Waals surface area contributed by atoms with Crippen molar-refractivity contribution in [2.45, 2.75) is 36.7 Å². The van der Waals surface area contributed by atoms with E-state index in [1.807, 2.05) is 0 Å². The van der Waals surface area contributed by atoms with Crippen LogP contribution in [0.15, 0.2) is 18.2 Å². The van der Waals surface area contributed by atoms with Gasteiger partial charge in [-0.05, 0) is 36.3 Å². The van der Waals surface area contributed by atoms with E-state index in [0.29, 0.717) is 5.56 Å². The molecule has 1 heterocycles. The predicted molar refractivity (Wildman–Crippen MR) is 71.6 cm³/mol. The molecule has 0 aromatic heterocycles. The zero-order chi connectivity index (χ0) is 14.8. The number of rotatable bonds is 3. The summed E-state index contributed by atoms with van der Waals surface area (Å²) in [5.74, 6) is 5.24. The van der Waals surface area contributed by atoms with Crippen molar-refractivity contribution in [3.63, 3.8) is 0 Å². The van der Waals surface area contributed by atoms with Gasteiger partial charge in [-0.1, -0.05) is 12.5 Å². The molecule has 0 bridgehead atoms. The third-order valence-electron chi connectivity index (χ3n) is 3.42. The number of nitrogens with two attached hydrogens (primary N) is 1. The predicted octanol–water partition coefficient (Wildman–Crippen LogP) is 3.63. The molecule has 1 aromatic rings. The lowest BCUT2D eigenvalue weighted by Crippen LogP contribution is -2.36. The fraction of sp³-hybridized carbons (Fsp3) is 0.538. The topological polar surface area (TPSA) is 38.0 Å². The molecule has 0 amide bonds. The quantitative estimate of drug-likeness (QED) is 0.509. The van der Waals surface area contributed by atoms with Crippen LogP contribution in [0, 0.1) is 5.82 Å². The van der Waals surface area contributed by atoms with E-state index in [-0.39, 0.29) is 11.3 Å². The number of halogens is 4. The molecule has 1 saturated heterocycles. The van der Waals surface area contributed by atoms with Gasteiger partial charge in [0, 0.05) is 5.25 Å². The van der Waals surface area contributed by atoms with Crippen molar-refractivity contribution >= 4 is 11.8 Å².